The van der Waals surface area contributed by atoms with Crippen molar-refractivity contribution >= 4 is 0 Å². The Labute approximate surface area is 118 Å². The third-order valence-electron chi connectivity index (χ3n) is 3.16. The van der Waals surface area contributed by atoms with Gasteiger partial charge in [0.05, 0.1) is 12.7 Å². The molecule has 1 aromatic carbocycles. The van der Waals surface area contributed by atoms with Crippen LogP contribution in [-0.4, -0.2) is 23.2 Å². The number of rotatable bonds is 6. The lowest BCUT2D eigenvalue weighted by Gasteiger charge is -2.07. The van der Waals surface area contributed by atoms with E-state index in [0.717, 1.165) is 30.9 Å². The minimum atomic E-state index is 0.566. The maximum Gasteiger partial charge on any atom is 0.136 e. The highest BCUT2D eigenvalue weighted by atomic mass is 16.5. The lowest BCUT2D eigenvalue weighted by molar-refractivity contribution is 0.413. The molecular formula is C15H18N4O. The number of benzene rings is 1. The Morgan fingerprint density at radius 3 is 2.95 bits per heavy atom. The number of nitrogens with zero attached hydrogens (tertiary/aromatic N) is 3. The number of nitriles is 1. The zero-order valence-electron chi connectivity index (χ0n) is 11.8. The van der Waals surface area contributed by atoms with Gasteiger partial charge in [-0.15, -0.1) is 0 Å². The third-order valence-corrected chi connectivity index (χ3v) is 3.16. The molecule has 0 spiro atoms. The Morgan fingerprint density at radius 1 is 1.45 bits per heavy atom. The van der Waals surface area contributed by atoms with Crippen molar-refractivity contribution in [2.75, 3.05) is 13.7 Å². The van der Waals surface area contributed by atoms with E-state index >= 15 is 0 Å². The van der Waals surface area contributed by atoms with E-state index in [2.05, 4.69) is 16.4 Å². The first-order chi connectivity index (χ1) is 9.74. The molecule has 1 heterocycles. The molecule has 2 aromatic rings. The Morgan fingerprint density at radius 2 is 2.30 bits per heavy atom. The maximum atomic E-state index is 9.04. The van der Waals surface area contributed by atoms with Crippen LogP contribution in [0.15, 0.2) is 30.6 Å². The van der Waals surface area contributed by atoms with Gasteiger partial charge in [-0.3, -0.25) is 0 Å². The summed E-state index contributed by atoms with van der Waals surface area (Å²) in [6.45, 7) is 1.57. The van der Waals surface area contributed by atoms with E-state index in [1.807, 2.05) is 36.0 Å². The summed E-state index contributed by atoms with van der Waals surface area (Å²) >= 11 is 0. The van der Waals surface area contributed by atoms with E-state index in [1.165, 1.54) is 0 Å². The van der Waals surface area contributed by atoms with Gasteiger partial charge in [0.1, 0.15) is 17.6 Å². The summed E-state index contributed by atoms with van der Waals surface area (Å²) in [5.74, 6) is 1.68. The minimum Gasteiger partial charge on any atom is -0.495 e. The summed E-state index contributed by atoms with van der Waals surface area (Å²) < 4.78 is 7.14. The Balaban J connectivity index is 1.85. The Bertz CT molecular complexity index is 613. The fourth-order valence-electron chi connectivity index (χ4n) is 2.02. The van der Waals surface area contributed by atoms with Crippen molar-refractivity contribution in [3.8, 4) is 11.8 Å². The molecule has 20 heavy (non-hydrogen) atoms. The van der Waals surface area contributed by atoms with Crippen LogP contribution in [-0.2, 0) is 20.0 Å². The molecule has 0 radical (unpaired) electrons. The predicted molar refractivity (Wildman–Crippen MR) is 76.3 cm³/mol. The highest BCUT2D eigenvalue weighted by Gasteiger charge is 2.04. The molecule has 0 saturated heterocycles. The van der Waals surface area contributed by atoms with Crippen molar-refractivity contribution in [1.82, 2.24) is 14.9 Å². The largest absolute Gasteiger partial charge is 0.495 e. The molecule has 0 saturated carbocycles. The van der Waals surface area contributed by atoms with Gasteiger partial charge in [-0.2, -0.15) is 5.26 Å². The first-order valence-electron chi connectivity index (χ1n) is 6.48. The zero-order chi connectivity index (χ0) is 14.4. The first-order valence-corrected chi connectivity index (χ1v) is 6.48. The number of aryl methyl sites for hydroxylation is 1. The van der Waals surface area contributed by atoms with Crippen LogP contribution in [0.25, 0.3) is 0 Å². The average molecular weight is 270 g/mol. The molecule has 1 N–H and O–H groups in total. The van der Waals surface area contributed by atoms with Gasteiger partial charge in [0.25, 0.3) is 0 Å². The summed E-state index contributed by atoms with van der Waals surface area (Å²) in [4.78, 5) is 4.27. The van der Waals surface area contributed by atoms with Crippen molar-refractivity contribution in [3.63, 3.8) is 0 Å². The van der Waals surface area contributed by atoms with Gasteiger partial charge < -0.3 is 14.6 Å². The van der Waals surface area contributed by atoms with Crippen LogP contribution in [0.4, 0.5) is 0 Å². The molecule has 0 unspecified atom stereocenters. The van der Waals surface area contributed by atoms with Crippen LogP contribution < -0.4 is 10.1 Å². The lowest BCUT2D eigenvalue weighted by Crippen LogP contribution is -2.18. The second-order valence-electron chi connectivity index (χ2n) is 4.53. The third kappa shape index (κ3) is 3.37. The van der Waals surface area contributed by atoms with Crippen molar-refractivity contribution in [1.29, 1.82) is 5.26 Å². The standard InChI is InChI=1S/C15H18N4O/c1-19-8-7-18-15(19)5-6-17-11-12-3-4-14(20-2)13(9-12)10-16/h3-4,7-9,17H,5-6,11H2,1-2H3. The van der Waals surface area contributed by atoms with Crippen LogP contribution in [0.5, 0.6) is 5.75 Å². The average Bonchev–Trinajstić information content (AvgIpc) is 2.88. The Kier molecular flexibility index (Phi) is 4.75. The maximum absolute atomic E-state index is 9.04. The molecular weight excluding hydrogens is 252 g/mol. The smallest absolute Gasteiger partial charge is 0.136 e. The molecule has 5 heteroatoms. The van der Waals surface area contributed by atoms with Gasteiger partial charge in [-0.25, -0.2) is 4.98 Å². The second kappa shape index (κ2) is 6.73. The molecule has 5 nitrogen and oxygen atoms in total. The van der Waals surface area contributed by atoms with E-state index in [9.17, 15) is 0 Å². The molecule has 0 atom stereocenters. The molecule has 0 bridgehead atoms. The van der Waals surface area contributed by atoms with Gasteiger partial charge in [0, 0.05) is 39.0 Å². The lowest BCUT2D eigenvalue weighted by atomic mass is 10.1. The molecule has 104 valence electrons. The number of aromatic nitrogens is 2. The normalized spacial score (nSPS) is 10.2. The molecule has 0 aliphatic rings. The van der Waals surface area contributed by atoms with Crippen molar-refractivity contribution < 1.29 is 4.74 Å². The number of hydrogen-bond donors (Lipinski definition) is 1. The fraction of sp³-hybridized carbons (Fsp3) is 0.333. The number of methoxy groups -OCH3 is 1. The molecule has 0 amide bonds. The highest BCUT2D eigenvalue weighted by molar-refractivity contribution is 5.45. The van der Waals surface area contributed by atoms with Gasteiger partial charge in [0.2, 0.25) is 0 Å². The van der Waals surface area contributed by atoms with E-state index < -0.39 is 0 Å². The monoisotopic (exact) mass is 270 g/mol. The summed E-state index contributed by atoms with van der Waals surface area (Å²) in [6.07, 6.45) is 4.63. The van der Waals surface area contributed by atoms with Crippen LogP contribution in [0.3, 0.4) is 0 Å². The number of hydrogen-bond acceptors (Lipinski definition) is 4. The van der Waals surface area contributed by atoms with E-state index in [4.69, 9.17) is 10.00 Å². The van der Waals surface area contributed by atoms with Gasteiger partial charge >= 0.3 is 0 Å². The summed E-state index contributed by atoms with van der Waals surface area (Å²) in [5, 5.41) is 12.4. The van der Waals surface area contributed by atoms with E-state index in [-0.39, 0.29) is 0 Å². The van der Waals surface area contributed by atoms with E-state index in [0.29, 0.717) is 11.3 Å². The Hall–Kier alpha value is -2.32. The van der Waals surface area contributed by atoms with Crippen molar-refractivity contribution in [2.45, 2.75) is 13.0 Å². The summed E-state index contributed by atoms with van der Waals surface area (Å²) in [5.41, 5.74) is 1.64. The van der Waals surface area contributed by atoms with Crippen molar-refractivity contribution in [2.24, 2.45) is 7.05 Å². The summed E-state index contributed by atoms with van der Waals surface area (Å²) in [7, 11) is 3.56. The number of nitrogens with one attached hydrogen (secondary N) is 1. The molecule has 0 aliphatic carbocycles. The SMILES string of the molecule is COc1ccc(CNCCc2nccn2C)cc1C#N. The minimum absolute atomic E-state index is 0.566. The first kappa shape index (κ1) is 14.1. The molecule has 0 aliphatic heterocycles. The fourth-order valence-corrected chi connectivity index (χ4v) is 2.02. The van der Waals surface area contributed by atoms with Crippen LogP contribution in [0.2, 0.25) is 0 Å². The predicted octanol–water partition coefficient (Wildman–Crippen LogP) is 1.63. The number of imidazole rings is 1. The molecule has 2 rings (SSSR count). The van der Waals surface area contributed by atoms with Crippen molar-refractivity contribution in [3.05, 3.63) is 47.5 Å². The quantitative estimate of drug-likeness (QED) is 0.810. The second-order valence-corrected chi connectivity index (χ2v) is 4.53. The highest BCUT2D eigenvalue weighted by Crippen LogP contribution is 2.18. The van der Waals surface area contributed by atoms with E-state index in [1.54, 1.807) is 13.3 Å². The number of ether oxygens (including phenoxy) is 1. The van der Waals surface area contributed by atoms with Crippen LogP contribution in [0.1, 0.15) is 17.0 Å². The van der Waals surface area contributed by atoms with Gasteiger partial charge in [-0.05, 0) is 17.7 Å². The van der Waals surface area contributed by atoms with Crippen LogP contribution in [0, 0.1) is 11.3 Å². The summed E-state index contributed by atoms with van der Waals surface area (Å²) in [6, 6.07) is 7.79. The van der Waals surface area contributed by atoms with Gasteiger partial charge in [0.15, 0.2) is 0 Å². The molecule has 0 fully saturated rings. The van der Waals surface area contributed by atoms with Gasteiger partial charge in [-0.1, -0.05) is 6.07 Å². The molecule has 1 aromatic heterocycles. The van der Waals surface area contributed by atoms with Crippen LogP contribution >= 0.6 is 0 Å². The zero-order valence-corrected chi connectivity index (χ0v) is 11.8. The topological polar surface area (TPSA) is 62.9 Å².